The standard InChI is InChI=1S/C24H27ClN2O4/c1-4-15-31-19-11-7-17(8-12-19)22(28)20-21(16-5-9-18(25)10-6-16)27(14-13-26(2)3)24(30)23(20)29/h5-12,21,28H,4,13-15H2,1-3H3/b22-20-. The Morgan fingerprint density at radius 3 is 2.32 bits per heavy atom. The number of likely N-dealkylation sites (N-methyl/N-ethyl adjacent to an activating group) is 1. The Morgan fingerprint density at radius 2 is 1.74 bits per heavy atom. The molecule has 164 valence electrons. The lowest BCUT2D eigenvalue weighted by atomic mass is 9.95. The van der Waals surface area contributed by atoms with E-state index in [1.807, 2.05) is 25.9 Å². The molecular formula is C24H27ClN2O4. The van der Waals surface area contributed by atoms with Crippen molar-refractivity contribution >= 4 is 29.1 Å². The number of nitrogens with zero attached hydrogens (tertiary/aromatic N) is 2. The maximum absolute atomic E-state index is 13.0. The minimum atomic E-state index is -0.692. The lowest BCUT2D eigenvalue weighted by molar-refractivity contribution is -0.140. The molecule has 1 aliphatic rings. The molecule has 2 aromatic carbocycles. The highest BCUT2D eigenvalue weighted by molar-refractivity contribution is 6.46. The van der Waals surface area contributed by atoms with Crippen LogP contribution in [0.3, 0.4) is 0 Å². The second-order valence-corrected chi connectivity index (χ2v) is 8.16. The topological polar surface area (TPSA) is 70.1 Å². The Hall–Kier alpha value is -2.83. The molecule has 2 aromatic rings. The third kappa shape index (κ3) is 5.09. The van der Waals surface area contributed by atoms with Crippen LogP contribution in [0, 0.1) is 0 Å². The molecule has 0 saturated carbocycles. The summed E-state index contributed by atoms with van der Waals surface area (Å²) in [4.78, 5) is 29.3. The van der Waals surface area contributed by atoms with E-state index in [-0.39, 0.29) is 11.3 Å². The highest BCUT2D eigenvalue weighted by atomic mass is 35.5. The van der Waals surface area contributed by atoms with Crippen molar-refractivity contribution in [2.24, 2.45) is 0 Å². The van der Waals surface area contributed by atoms with Gasteiger partial charge in [-0.05, 0) is 62.5 Å². The fraction of sp³-hybridized carbons (Fsp3) is 0.333. The Labute approximate surface area is 187 Å². The molecule has 1 heterocycles. The van der Waals surface area contributed by atoms with Crippen LogP contribution in [-0.4, -0.2) is 60.4 Å². The molecule has 6 nitrogen and oxygen atoms in total. The summed E-state index contributed by atoms with van der Waals surface area (Å²) in [5.74, 6) is -0.833. The molecule has 1 fully saturated rings. The zero-order valence-corrected chi connectivity index (χ0v) is 18.7. The molecule has 3 rings (SSSR count). The van der Waals surface area contributed by atoms with Gasteiger partial charge in [-0.1, -0.05) is 30.7 Å². The van der Waals surface area contributed by atoms with Gasteiger partial charge in [-0.3, -0.25) is 9.59 Å². The smallest absolute Gasteiger partial charge is 0.295 e. The van der Waals surface area contributed by atoms with E-state index in [1.54, 1.807) is 48.5 Å². The van der Waals surface area contributed by atoms with Crippen LogP contribution in [0.1, 0.15) is 30.5 Å². The normalized spacial score (nSPS) is 18.1. The maximum atomic E-state index is 13.0. The number of carbonyl (C=O) groups is 2. The fourth-order valence-corrected chi connectivity index (χ4v) is 3.62. The lowest BCUT2D eigenvalue weighted by Crippen LogP contribution is -2.35. The summed E-state index contributed by atoms with van der Waals surface area (Å²) in [7, 11) is 3.80. The molecule has 1 atom stereocenters. The van der Waals surface area contributed by atoms with Gasteiger partial charge in [0.25, 0.3) is 11.7 Å². The minimum absolute atomic E-state index is 0.0771. The number of hydrogen-bond donors (Lipinski definition) is 1. The van der Waals surface area contributed by atoms with Crippen molar-refractivity contribution < 1.29 is 19.4 Å². The molecule has 1 unspecified atom stereocenters. The van der Waals surface area contributed by atoms with Gasteiger partial charge in [0, 0.05) is 23.7 Å². The highest BCUT2D eigenvalue weighted by Crippen LogP contribution is 2.39. The van der Waals surface area contributed by atoms with Crippen molar-refractivity contribution in [3.8, 4) is 5.75 Å². The average Bonchev–Trinajstić information content (AvgIpc) is 3.01. The van der Waals surface area contributed by atoms with E-state index in [0.717, 1.165) is 6.42 Å². The van der Waals surface area contributed by atoms with Crippen molar-refractivity contribution in [2.75, 3.05) is 33.8 Å². The predicted octanol–water partition coefficient (Wildman–Crippen LogP) is 4.11. The second kappa shape index (κ2) is 9.98. The third-order valence-corrected chi connectivity index (χ3v) is 5.37. The Morgan fingerprint density at radius 1 is 1.10 bits per heavy atom. The van der Waals surface area contributed by atoms with Crippen molar-refractivity contribution in [3.63, 3.8) is 0 Å². The van der Waals surface area contributed by atoms with E-state index in [2.05, 4.69) is 0 Å². The van der Waals surface area contributed by atoms with Crippen LogP contribution in [0.25, 0.3) is 5.76 Å². The molecule has 0 spiro atoms. The van der Waals surface area contributed by atoms with E-state index in [4.69, 9.17) is 16.3 Å². The Bertz CT molecular complexity index is 968. The summed E-state index contributed by atoms with van der Waals surface area (Å²) in [5.41, 5.74) is 1.24. The van der Waals surface area contributed by atoms with Crippen LogP contribution in [-0.2, 0) is 9.59 Å². The van der Waals surface area contributed by atoms with E-state index in [1.165, 1.54) is 4.90 Å². The molecule has 0 aromatic heterocycles. The number of hydrogen-bond acceptors (Lipinski definition) is 5. The van der Waals surface area contributed by atoms with Gasteiger partial charge in [0.2, 0.25) is 0 Å². The van der Waals surface area contributed by atoms with Gasteiger partial charge < -0.3 is 19.6 Å². The summed E-state index contributed by atoms with van der Waals surface area (Å²) in [6, 6.07) is 13.1. The van der Waals surface area contributed by atoms with Crippen molar-refractivity contribution in [2.45, 2.75) is 19.4 Å². The van der Waals surface area contributed by atoms with E-state index >= 15 is 0 Å². The summed E-state index contributed by atoms with van der Waals surface area (Å²) in [5, 5.41) is 11.6. The number of amides is 1. The average molecular weight is 443 g/mol. The first kappa shape index (κ1) is 22.8. The first-order valence-electron chi connectivity index (χ1n) is 10.2. The lowest BCUT2D eigenvalue weighted by Gasteiger charge is -2.26. The number of ketones is 1. The number of halogens is 1. The molecule has 0 aliphatic carbocycles. The summed E-state index contributed by atoms with van der Waals surface area (Å²) in [6.07, 6.45) is 0.888. The molecule has 1 saturated heterocycles. The van der Waals surface area contributed by atoms with Crippen LogP contribution < -0.4 is 4.74 Å². The Kier molecular flexibility index (Phi) is 7.36. The van der Waals surface area contributed by atoms with Gasteiger partial charge in [0.15, 0.2) is 0 Å². The first-order valence-corrected chi connectivity index (χ1v) is 10.6. The van der Waals surface area contributed by atoms with Gasteiger partial charge in [-0.25, -0.2) is 0 Å². The minimum Gasteiger partial charge on any atom is -0.507 e. The fourth-order valence-electron chi connectivity index (χ4n) is 3.49. The van der Waals surface area contributed by atoms with Crippen LogP contribution >= 0.6 is 11.6 Å². The molecule has 0 bridgehead atoms. The highest BCUT2D eigenvalue weighted by Gasteiger charge is 2.45. The number of rotatable bonds is 8. The largest absolute Gasteiger partial charge is 0.507 e. The maximum Gasteiger partial charge on any atom is 0.295 e. The number of aliphatic hydroxyl groups excluding tert-OH is 1. The first-order chi connectivity index (χ1) is 14.8. The molecule has 1 N–H and O–H groups in total. The second-order valence-electron chi connectivity index (χ2n) is 7.72. The van der Waals surface area contributed by atoms with Crippen LogP contribution in [0.15, 0.2) is 54.1 Å². The quantitative estimate of drug-likeness (QED) is 0.378. The van der Waals surface area contributed by atoms with E-state index in [0.29, 0.717) is 41.6 Å². The number of Topliss-reactive ketones (excluding diaryl/α,β-unsaturated/α-hetero) is 1. The van der Waals surface area contributed by atoms with Gasteiger partial charge in [0.05, 0.1) is 18.2 Å². The number of carbonyl (C=O) groups excluding carboxylic acids is 2. The number of benzene rings is 2. The van der Waals surface area contributed by atoms with Gasteiger partial charge in [-0.2, -0.15) is 0 Å². The summed E-state index contributed by atoms with van der Waals surface area (Å²) >= 11 is 6.03. The van der Waals surface area contributed by atoms with Gasteiger partial charge in [-0.15, -0.1) is 0 Å². The van der Waals surface area contributed by atoms with Crippen LogP contribution in [0.4, 0.5) is 0 Å². The van der Waals surface area contributed by atoms with Crippen LogP contribution in [0.2, 0.25) is 5.02 Å². The third-order valence-electron chi connectivity index (χ3n) is 5.11. The van der Waals surface area contributed by atoms with Gasteiger partial charge >= 0.3 is 0 Å². The molecule has 7 heteroatoms. The summed E-state index contributed by atoms with van der Waals surface area (Å²) < 4.78 is 5.58. The van der Waals surface area contributed by atoms with Crippen molar-refractivity contribution in [1.29, 1.82) is 0 Å². The van der Waals surface area contributed by atoms with Crippen molar-refractivity contribution in [3.05, 3.63) is 70.3 Å². The summed E-state index contributed by atoms with van der Waals surface area (Å²) in [6.45, 7) is 3.55. The zero-order chi connectivity index (χ0) is 22.5. The van der Waals surface area contributed by atoms with Gasteiger partial charge in [0.1, 0.15) is 11.5 Å². The molecule has 0 radical (unpaired) electrons. The molecule has 31 heavy (non-hydrogen) atoms. The number of likely N-dealkylation sites (tertiary alicyclic amines) is 1. The SMILES string of the molecule is CCCOc1ccc(/C(O)=C2/C(=O)C(=O)N(CCN(C)C)C2c2ccc(Cl)cc2)cc1. The zero-order valence-electron chi connectivity index (χ0n) is 18.0. The predicted molar refractivity (Wildman–Crippen MR) is 121 cm³/mol. The number of ether oxygens (including phenoxy) is 1. The van der Waals surface area contributed by atoms with E-state index < -0.39 is 17.7 Å². The molecular weight excluding hydrogens is 416 g/mol. The van der Waals surface area contributed by atoms with Crippen molar-refractivity contribution in [1.82, 2.24) is 9.80 Å². The Balaban J connectivity index is 2.04. The number of aliphatic hydroxyl groups is 1. The monoisotopic (exact) mass is 442 g/mol. The molecule has 1 aliphatic heterocycles. The van der Waals surface area contributed by atoms with Crippen LogP contribution in [0.5, 0.6) is 5.75 Å². The molecule has 1 amide bonds. The van der Waals surface area contributed by atoms with E-state index in [9.17, 15) is 14.7 Å².